The van der Waals surface area contributed by atoms with E-state index >= 15 is 0 Å². The van der Waals surface area contributed by atoms with Gasteiger partial charge in [-0.15, -0.1) is 11.3 Å². The van der Waals surface area contributed by atoms with E-state index in [4.69, 9.17) is 14.2 Å². The van der Waals surface area contributed by atoms with E-state index in [9.17, 15) is 19.2 Å². The summed E-state index contributed by atoms with van der Waals surface area (Å²) in [4.78, 5) is 50.9. The molecular formula is C28H27N3O7S. The molecule has 0 spiro atoms. The number of nitrogens with zero attached hydrogens (tertiary/aromatic N) is 1. The molecule has 0 fully saturated rings. The number of methoxy groups -OCH3 is 1. The smallest absolute Gasteiger partial charge is 0.343 e. The first-order valence-corrected chi connectivity index (χ1v) is 13.1. The number of nitrogens with one attached hydrogen (secondary N) is 2. The van der Waals surface area contributed by atoms with Crippen LogP contribution in [0.4, 0.5) is 5.00 Å². The first-order chi connectivity index (χ1) is 18.9. The number of hydrazone groups is 1. The van der Waals surface area contributed by atoms with Crippen molar-refractivity contribution in [3.8, 4) is 11.5 Å². The van der Waals surface area contributed by atoms with Gasteiger partial charge in [-0.1, -0.05) is 12.1 Å². The number of esters is 2. The van der Waals surface area contributed by atoms with Gasteiger partial charge in [0.25, 0.3) is 0 Å². The second kappa shape index (κ2) is 12.8. The Balaban J connectivity index is 1.36. The van der Waals surface area contributed by atoms with Gasteiger partial charge in [0, 0.05) is 4.88 Å². The van der Waals surface area contributed by atoms with Gasteiger partial charge in [0.2, 0.25) is 0 Å². The number of ether oxygens (including phenoxy) is 3. The molecule has 4 rings (SSSR count). The van der Waals surface area contributed by atoms with Crippen molar-refractivity contribution in [2.45, 2.75) is 32.6 Å². The number of aryl methyl sites for hydroxylation is 1. The van der Waals surface area contributed by atoms with Crippen molar-refractivity contribution in [2.75, 3.05) is 19.0 Å². The van der Waals surface area contributed by atoms with Crippen molar-refractivity contribution in [1.82, 2.24) is 5.43 Å². The first kappa shape index (κ1) is 27.5. The molecule has 2 amide bonds. The molecule has 3 aromatic rings. The zero-order valence-electron chi connectivity index (χ0n) is 21.4. The Labute approximate surface area is 229 Å². The molecule has 0 aliphatic heterocycles. The fraction of sp³-hybridized carbons (Fsp3) is 0.250. The Morgan fingerprint density at radius 1 is 0.974 bits per heavy atom. The van der Waals surface area contributed by atoms with E-state index in [0.717, 1.165) is 36.1 Å². The van der Waals surface area contributed by atoms with E-state index in [-0.39, 0.29) is 12.4 Å². The van der Waals surface area contributed by atoms with Crippen molar-refractivity contribution in [3.63, 3.8) is 0 Å². The zero-order valence-corrected chi connectivity index (χ0v) is 22.3. The molecule has 202 valence electrons. The highest BCUT2D eigenvalue weighted by molar-refractivity contribution is 7.17. The SMILES string of the molecule is CCOC(=O)c1c(NC(=O)C(=O)NN=Cc2cccc(OC(=O)c3ccc(OC)cc3)c2)sc2c1CCCC2. The van der Waals surface area contributed by atoms with E-state index < -0.39 is 23.8 Å². The number of fused-ring (bicyclic) bond motifs is 1. The molecule has 39 heavy (non-hydrogen) atoms. The van der Waals surface area contributed by atoms with Crippen LogP contribution in [0.25, 0.3) is 0 Å². The minimum absolute atomic E-state index is 0.202. The average Bonchev–Trinajstić information content (AvgIpc) is 3.31. The van der Waals surface area contributed by atoms with Crippen molar-refractivity contribution in [3.05, 3.63) is 75.7 Å². The minimum atomic E-state index is -1.01. The first-order valence-electron chi connectivity index (χ1n) is 12.3. The second-order valence-electron chi connectivity index (χ2n) is 8.48. The lowest BCUT2D eigenvalue weighted by atomic mass is 9.95. The number of hydrogen-bond donors (Lipinski definition) is 2. The monoisotopic (exact) mass is 549 g/mol. The third-order valence-electron chi connectivity index (χ3n) is 5.86. The predicted octanol–water partition coefficient (Wildman–Crippen LogP) is 4.12. The van der Waals surface area contributed by atoms with Crippen LogP contribution in [0.5, 0.6) is 11.5 Å². The van der Waals surface area contributed by atoms with Crippen LogP contribution in [0.2, 0.25) is 0 Å². The fourth-order valence-electron chi connectivity index (χ4n) is 4.00. The van der Waals surface area contributed by atoms with Gasteiger partial charge >= 0.3 is 23.8 Å². The van der Waals surface area contributed by atoms with Crippen molar-refractivity contribution in [2.24, 2.45) is 5.10 Å². The van der Waals surface area contributed by atoms with Gasteiger partial charge in [-0.3, -0.25) is 9.59 Å². The Kier molecular flexibility index (Phi) is 9.06. The average molecular weight is 550 g/mol. The van der Waals surface area contributed by atoms with E-state index in [1.165, 1.54) is 24.7 Å². The van der Waals surface area contributed by atoms with Gasteiger partial charge in [0.05, 0.1) is 31.1 Å². The van der Waals surface area contributed by atoms with Gasteiger partial charge in [-0.2, -0.15) is 5.10 Å². The molecule has 2 aromatic carbocycles. The molecule has 0 saturated carbocycles. The van der Waals surface area contributed by atoms with E-state index in [2.05, 4.69) is 15.8 Å². The number of anilines is 1. The number of carbonyl (C=O) groups is 4. The molecule has 0 unspecified atom stereocenters. The molecule has 1 aromatic heterocycles. The summed E-state index contributed by atoms with van der Waals surface area (Å²) in [6.45, 7) is 1.91. The summed E-state index contributed by atoms with van der Waals surface area (Å²) in [6.07, 6.45) is 4.79. The standard InChI is InChI=1S/C28H27N3O7S/c1-3-37-28(35)23-21-9-4-5-10-22(21)39-26(23)30-24(32)25(33)31-29-16-17-7-6-8-20(15-17)38-27(34)18-11-13-19(36-2)14-12-18/h6-8,11-16H,3-5,9-10H2,1-2H3,(H,30,32)(H,31,33). The predicted molar refractivity (Wildman–Crippen MR) is 146 cm³/mol. The molecule has 1 heterocycles. The van der Waals surface area contributed by atoms with E-state index in [1.54, 1.807) is 55.5 Å². The second-order valence-corrected chi connectivity index (χ2v) is 9.58. The summed E-state index contributed by atoms with van der Waals surface area (Å²) in [7, 11) is 1.53. The maximum atomic E-state index is 12.6. The van der Waals surface area contributed by atoms with Gasteiger partial charge in [0.15, 0.2) is 0 Å². The van der Waals surface area contributed by atoms with E-state index in [0.29, 0.717) is 27.4 Å². The highest BCUT2D eigenvalue weighted by atomic mass is 32.1. The quantitative estimate of drug-likeness (QED) is 0.142. The lowest BCUT2D eigenvalue weighted by Gasteiger charge is -2.12. The third-order valence-corrected chi connectivity index (χ3v) is 7.07. The number of hydrogen-bond acceptors (Lipinski definition) is 9. The molecule has 0 saturated heterocycles. The number of amides is 2. The summed E-state index contributed by atoms with van der Waals surface area (Å²) in [5.74, 6) is -2.13. The van der Waals surface area contributed by atoms with Gasteiger partial charge in [-0.05, 0) is 80.1 Å². The number of benzene rings is 2. The summed E-state index contributed by atoms with van der Waals surface area (Å²) in [6, 6.07) is 13.0. The summed E-state index contributed by atoms with van der Waals surface area (Å²) in [5, 5.41) is 6.66. The highest BCUT2D eigenvalue weighted by Crippen LogP contribution is 2.38. The molecule has 11 heteroatoms. The molecular weight excluding hydrogens is 522 g/mol. The normalized spacial score (nSPS) is 12.4. The van der Waals surface area contributed by atoms with Gasteiger partial charge < -0.3 is 19.5 Å². The van der Waals surface area contributed by atoms with Gasteiger partial charge in [-0.25, -0.2) is 15.0 Å². The number of carbonyl (C=O) groups excluding carboxylic acids is 4. The van der Waals surface area contributed by atoms with Gasteiger partial charge in [0.1, 0.15) is 16.5 Å². The topological polar surface area (TPSA) is 132 Å². The highest BCUT2D eigenvalue weighted by Gasteiger charge is 2.28. The molecule has 2 N–H and O–H groups in total. The maximum absolute atomic E-state index is 12.6. The van der Waals surface area contributed by atoms with Crippen LogP contribution in [-0.4, -0.2) is 43.7 Å². The number of rotatable bonds is 8. The fourth-order valence-corrected chi connectivity index (χ4v) is 5.27. The molecule has 1 aliphatic rings. The largest absolute Gasteiger partial charge is 0.497 e. The van der Waals surface area contributed by atoms with Crippen LogP contribution in [0.15, 0.2) is 53.6 Å². The van der Waals surface area contributed by atoms with Crippen molar-refractivity contribution >= 4 is 46.3 Å². The molecule has 0 atom stereocenters. The Bertz CT molecular complexity index is 1410. The van der Waals surface area contributed by atoms with Crippen molar-refractivity contribution < 1.29 is 33.4 Å². The molecule has 10 nitrogen and oxygen atoms in total. The molecule has 0 bridgehead atoms. The molecule has 1 aliphatic carbocycles. The summed E-state index contributed by atoms with van der Waals surface area (Å²) in [5.41, 5.74) is 4.25. The number of thiophene rings is 1. The Morgan fingerprint density at radius 3 is 2.49 bits per heavy atom. The van der Waals surface area contributed by atoms with Crippen LogP contribution in [-0.2, 0) is 27.2 Å². The lowest BCUT2D eigenvalue weighted by molar-refractivity contribution is -0.136. The Hall–Kier alpha value is -4.51. The Morgan fingerprint density at radius 2 is 1.74 bits per heavy atom. The van der Waals surface area contributed by atoms with Crippen LogP contribution >= 0.6 is 11.3 Å². The zero-order chi connectivity index (χ0) is 27.8. The van der Waals surface area contributed by atoms with Crippen LogP contribution in [0.3, 0.4) is 0 Å². The minimum Gasteiger partial charge on any atom is -0.497 e. The van der Waals surface area contributed by atoms with Crippen LogP contribution in [0.1, 0.15) is 56.5 Å². The molecule has 0 radical (unpaired) electrons. The van der Waals surface area contributed by atoms with Crippen LogP contribution < -0.4 is 20.2 Å². The van der Waals surface area contributed by atoms with E-state index in [1.807, 2.05) is 0 Å². The summed E-state index contributed by atoms with van der Waals surface area (Å²) < 4.78 is 15.7. The maximum Gasteiger partial charge on any atom is 0.343 e. The lowest BCUT2D eigenvalue weighted by Crippen LogP contribution is -2.32. The van der Waals surface area contributed by atoms with Crippen LogP contribution in [0, 0.1) is 0 Å². The van der Waals surface area contributed by atoms with Crippen molar-refractivity contribution in [1.29, 1.82) is 0 Å². The third kappa shape index (κ3) is 6.88. The summed E-state index contributed by atoms with van der Waals surface area (Å²) >= 11 is 1.29.